The third-order valence-corrected chi connectivity index (χ3v) is 6.32. The lowest BCUT2D eigenvalue weighted by atomic mass is 9.95. The summed E-state index contributed by atoms with van der Waals surface area (Å²) in [7, 11) is 0. The number of primary amides is 1. The zero-order valence-corrected chi connectivity index (χ0v) is 18.1. The number of rotatable bonds is 8. The topological polar surface area (TPSA) is 102 Å². The average Bonchev–Trinajstić information content (AvgIpc) is 3.10. The van der Waals surface area contributed by atoms with Gasteiger partial charge in [0.1, 0.15) is 5.00 Å². The van der Waals surface area contributed by atoms with E-state index in [-0.39, 0.29) is 12.5 Å². The lowest BCUT2D eigenvalue weighted by Gasteiger charge is -2.23. The Morgan fingerprint density at radius 3 is 2.67 bits per heavy atom. The number of esters is 1. The Morgan fingerprint density at radius 1 is 1.20 bits per heavy atom. The molecule has 7 nitrogen and oxygen atoms in total. The first-order valence-electron chi connectivity index (χ1n) is 10.2. The van der Waals surface area contributed by atoms with Crippen LogP contribution in [0, 0.1) is 0 Å². The average molecular weight is 430 g/mol. The van der Waals surface area contributed by atoms with Crippen molar-refractivity contribution in [1.82, 2.24) is 0 Å². The van der Waals surface area contributed by atoms with E-state index in [2.05, 4.69) is 5.32 Å². The van der Waals surface area contributed by atoms with E-state index in [1.54, 1.807) is 25.1 Å². The number of likely N-dealkylation sites (N-methyl/N-ethyl adjacent to an activating group) is 1. The number of carbonyl (C=O) groups is 3. The van der Waals surface area contributed by atoms with Gasteiger partial charge in [0.25, 0.3) is 5.91 Å². The SMILES string of the molecule is CCOC(=O)c1cccc(N(CC)CC(=O)Nc2sc3c(c2C(N)=O)CCCC3)c1. The second-order valence-corrected chi connectivity index (χ2v) is 8.22. The zero-order valence-electron chi connectivity index (χ0n) is 17.3. The van der Waals surface area contributed by atoms with Crippen LogP contribution in [0.25, 0.3) is 0 Å². The molecule has 0 bridgehead atoms. The van der Waals surface area contributed by atoms with Gasteiger partial charge in [0.05, 0.1) is 24.3 Å². The second kappa shape index (κ2) is 9.75. The number of nitrogens with one attached hydrogen (secondary N) is 1. The summed E-state index contributed by atoms with van der Waals surface area (Å²) < 4.78 is 5.05. The minimum Gasteiger partial charge on any atom is -0.462 e. The van der Waals surface area contributed by atoms with Gasteiger partial charge in [-0.05, 0) is 63.3 Å². The molecule has 30 heavy (non-hydrogen) atoms. The Kier molecular flexibility index (Phi) is 7.10. The lowest BCUT2D eigenvalue weighted by Crippen LogP contribution is -2.33. The van der Waals surface area contributed by atoms with E-state index < -0.39 is 11.9 Å². The number of nitrogens with two attached hydrogens (primary N) is 1. The summed E-state index contributed by atoms with van der Waals surface area (Å²) in [5.41, 5.74) is 8.24. The highest BCUT2D eigenvalue weighted by Crippen LogP contribution is 2.37. The van der Waals surface area contributed by atoms with Crippen molar-refractivity contribution >= 4 is 39.8 Å². The van der Waals surface area contributed by atoms with Gasteiger partial charge in [-0.25, -0.2) is 4.79 Å². The number of benzene rings is 1. The maximum Gasteiger partial charge on any atom is 0.338 e. The normalized spacial score (nSPS) is 12.7. The van der Waals surface area contributed by atoms with Crippen LogP contribution in [0.4, 0.5) is 10.7 Å². The molecule has 1 heterocycles. The number of hydrogen-bond donors (Lipinski definition) is 2. The van der Waals surface area contributed by atoms with Crippen molar-refractivity contribution < 1.29 is 19.1 Å². The molecular weight excluding hydrogens is 402 g/mol. The van der Waals surface area contributed by atoms with Crippen LogP contribution in [-0.4, -0.2) is 37.5 Å². The number of aryl methyl sites for hydroxylation is 1. The molecule has 1 aromatic carbocycles. The van der Waals surface area contributed by atoms with Crippen LogP contribution in [0.5, 0.6) is 0 Å². The zero-order chi connectivity index (χ0) is 21.7. The quantitative estimate of drug-likeness (QED) is 0.627. The molecular formula is C22H27N3O4S. The number of anilines is 2. The van der Waals surface area contributed by atoms with Gasteiger partial charge in [-0.15, -0.1) is 11.3 Å². The van der Waals surface area contributed by atoms with E-state index in [4.69, 9.17) is 10.5 Å². The predicted molar refractivity (Wildman–Crippen MR) is 118 cm³/mol. The molecule has 1 aliphatic carbocycles. The molecule has 0 spiro atoms. The third kappa shape index (κ3) is 4.81. The Morgan fingerprint density at radius 2 is 1.97 bits per heavy atom. The number of ether oxygens (including phenoxy) is 1. The number of carbonyl (C=O) groups excluding carboxylic acids is 3. The minimum absolute atomic E-state index is 0.0869. The molecule has 0 saturated carbocycles. The monoisotopic (exact) mass is 429 g/mol. The molecule has 8 heteroatoms. The van der Waals surface area contributed by atoms with E-state index in [1.807, 2.05) is 17.9 Å². The van der Waals surface area contributed by atoms with Crippen molar-refractivity contribution in [3.05, 3.63) is 45.8 Å². The Labute approximate surface area is 180 Å². The van der Waals surface area contributed by atoms with Crippen molar-refractivity contribution in [3.63, 3.8) is 0 Å². The highest BCUT2D eigenvalue weighted by atomic mass is 32.1. The van der Waals surface area contributed by atoms with Gasteiger partial charge < -0.3 is 20.7 Å². The first-order chi connectivity index (χ1) is 14.4. The fraction of sp³-hybridized carbons (Fsp3) is 0.409. The number of hydrogen-bond acceptors (Lipinski definition) is 6. The Balaban J connectivity index is 1.75. The van der Waals surface area contributed by atoms with Crippen LogP contribution in [0.1, 0.15) is 57.8 Å². The highest BCUT2D eigenvalue weighted by Gasteiger charge is 2.25. The molecule has 0 unspecified atom stereocenters. The van der Waals surface area contributed by atoms with Crippen molar-refractivity contribution in [2.45, 2.75) is 39.5 Å². The molecule has 0 atom stereocenters. The number of fused-ring (bicyclic) bond motifs is 1. The Hall–Kier alpha value is -2.87. The van der Waals surface area contributed by atoms with Crippen LogP contribution in [0.3, 0.4) is 0 Å². The highest BCUT2D eigenvalue weighted by molar-refractivity contribution is 7.17. The minimum atomic E-state index is -0.501. The van der Waals surface area contributed by atoms with Crippen molar-refractivity contribution in [2.24, 2.45) is 5.73 Å². The first kappa shape index (κ1) is 21.8. The summed E-state index contributed by atoms with van der Waals surface area (Å²) in [5, 5.41) is 3.42. The maximum atomic E-state index is 12.8. The molecule has 1 aliphatic rings. The van der Waals surface area contributed by atoms with E-state index in [1.165, 1.54) is 11.3 Å². The standard InChI is InChI=1S/C22H27N3O4S/c1-3-25(15-9-7-8-14(12-15)22(28)29-4-2)13-18(26)24-21-19(20(23)27)16-10-5-6-11-17(16)30-21/h7-9,12H,3-6,10-11,13H2,1-2H3,(H2,23,27)(H,24,26). The maximum absolute atomic E-state index is 12.8. The molecule has 3 rings (SSSR count). The molecule has 3 N–H and O–H groups in total. The molecule has 2 amide bonds. The van der Waals surface area contributed by atoms with Crippen molar-refractivity contribution in [2.75, 3.05) is 29.9 Å². The van der Waals surface area contributed by atoms with Gasteiger partial charge in [-0.2, -0.15) is 0 Å². The third-order valence-electron chi connectivity index (χ3n) is 5.11. The van der Waals surface area contributed by atoms with Crippen LogP contribution in [-0.2, 0) is 22.4 Å². The smallest absolute Gasteiger partial charge is 0.338 e. The van der Waals surface area contributed by atoms with Gasteiger partial charge in [0, 0.05) is 17.1 Å². The molecule has 0 saturated heterocycles. The second-order valence-electron chi connectivity index (χ2n) is 7.11. The van der Waals surface area contributed by atoms with Gasteiger partial charge in [0.2, 0.25) is 5.91 Å². The molecule has 1 aromatic heterocycles. The van der Waals surface area contributed by atoms with Crippen LogP contribution >= 0.6 is 11.3 Å². The number of amides is 2. The van der Waals surface area contributed by atoms with Gasteiger partial charge >= 0.3 is 5.97 Å². The molecule has 0 aliphatic heterocycles. The summed E-state index contributed by atoms with van der Waals surface area (Å²) in [6.07, 6.45) is 3.84. The molecule has 0 radical (unpaired) electrons. The Bertz CT molecular complexity index is 954. The summed E-state index contributed by atoms with van der Waals surface area (Å²) in [6, 6.07) is 7.01. The van der Waals surface area contributed by atoms with E-state index in [9.17, 15) is 14.4 Å². The fourth-order valence-corrected chi connectivity index (χ4v) is 4.99. The first-order valence-corrected chi connectivity index (χ1v) is 11.0. The summed E-state index contributed by atoms with van der Waals surface area (Å²) in [4.78, 5) is 39.8. The van der Waals surface area contributed by atoms with Crippen LogP contribution in [0.2, 0.25) is 0 Å². The van der Waals surface area contributed by atoms with E-state index >= 15 is 0 Å². The lowest BCUT2D eigenvalue weighted by molar-refractivity contribution is -0.115. The van der Waals surface area contributed by atoms with E-state index in [0.717, 1.165) is 41.8 Å². The summed E-state index contributed by atoms with van der Waals surface area (Å²) in [5.74, 6) is -1.13. The van der Waals surface area contributed by atoms with Gasteiger partial charge in [0.15, 0.2) is 0 Å². The van der Waals surface area contributed by atoms with Gasteiger partial charge in [-0.1, -0.05) is 6.07 Å². The van der Waals surface area contributed by atoms with Crippen LogP contribution in [0.15, 0.2) is 24.3 Å². The fourth-order valence-electron chi connectivity index (χ4n) is 3.68. The molecule has 2 aromatic rings. The summed E-state index contributed by atoms with van der Waals surface area (Å²) >= 11 is 1.45. The predicted octanol–water partition coefficient (Wildman–Crippen LogP) is 3.37. The van der Waals surface area contributed by atoms with Gasteiger partial charge in [-0.3, -0.25) is 9.59 Å². The number of thiophene rings is 1. The number of nitrogens with zero attached hydrogens (tertiary/aromatic N) is 1. The summed E-state index contributed by atoms with van der Waals surface area (Å²) in [6.45, 7) is 4.65. The largest absolute Gasteiger partial charge is 0.462 e. The van der Waals surface area contributed by atoms with Crippen molar-refractivity contribution in [3.8, 4) is 0 Å². The van der Waals surface area contributed by atoms with E-state index in [0.29, 0.717) is 29.3 Å². The molecule has 0 fully saturated rings. The molecule has 160 valence electrons. The van der Waals surface area contributed by atoms with Crippen molar-refractivity contribution in [1.29, 1.82) is 0 Å². The van der Waals surface area contributed by atoms with Crippen LogP contribution < -0.4 is 16.0 Å².